The summed E-state index contributed by atoms with van der Waals surface area (Å²) in [4.78, 5) is 28.6. The predicted octanol–water partition coefficient (Wildman–Crippen LogP) is 4.46. The Morgan fingerprint density at radius 3 is 2.02 bits per heavy atom. The van der Waals surface area contributed by atoms with Crippen LogP contribution in [0.5, 0.6) is 11.5 Å². The molecule has 0 aliphatic carbocycles. The lowest BCUT2D eigenvalue weighted by Crippen LogP contribution is -2.52. The number of sulfonamides is 1. The van der Waals surface area contributed by atoms with E-state index >= 15 is 0 Å². The van der Waals surface area contributed by atoms with Gasteiger partial charge >= 0.3 is 0 Å². The minimum absolute atomic E-state index is 0.0340. The van der Waals surface area contributed by atoms with E-state index in [0.29, 0.717) is 11.5 Å². The van der Waals surface area contributed by atoms with Gasteiger partial charge in [-0.1, -0.05) is 35.9 Å². The van der Waals surface area contributed by atoms with Gasteiger partial charge in [0.05, 0.1) is 24.8 Å². The van der Waals surface area contributed by atoms with Gasteiger partial charge in [0.1, 0.15) is 24.1 Å². The summed E-state index contributed by atoms with van der Waals surface area (Å²) in [5.74, 6) is 0.0555. The van der Waals surface area contributed by atoms with Crippen molar-refractivity contribution in [2.75, 3.05) is 25.1 Å². The molecule has 9 nitrogen and oxygen atoms in total. The average molecular weight is 582 g/mol. The van der Waals surface area contributed by atoms with E-state index in [1.165, 1.54) is 24.1 Å². The Bertz CT molecular complexity index is 1450. The van der Waals surface area contributed by atoms with Crippen molar-refractivity contribution in [1.82, 2.24) is 10.2 Å². The Balaban J connectivity index is 2.09. The number of anilines is 1. The molecule has 0 unspecified atom stereocenters. The topological polar surface area (TPSA) is 105 Å². The second-order valence-corrected chi connectivity index (χ2v) is 12.1. The zero-order valence-corrected chi connectivity index (χ0v) is 25.5. The first-order valence-corrected chi connectivity index (χ1v) is 14.8. The lowest BCUT2D eigenvalue weighted by atomic mass is 10.1. The van der Waals surface area contributed by atoms with Crippen molar-refractivity contribution in [3.8, 4) is 11.5 Å². The zero-order chi connectivity index (χ0) is 30.3. The quantitative estimate of drug-likeness (QED) is 0.339. The molecule has 1 atom stereocenters. The van der Waals surface area contributed by atoms with E-state index in [9.17, 15) is 18.0 Å². The van der Waals surface area contributed by atoms with Gasteiger partial charge in [0.15, 0.2) is 0 Å². The van der Waals surface area contributed by atoms with Crippen LogP contribution in [0.2, 0.25) is 0 Å². The monoisotopic (exact) mass is 581 g/mol. The number of aryl methyl sites for hydroxylation is 2. The molecule has 0 aromatic heterocycles. The summed E-state index contributed by atoms with van der Waals surface area (Å²) in [6, 6.07) is 17.7. The van der Waals surface area contributed by atoms with Gasteiger partial charge < -0.3 is 19.7 Å². The third-order valence-corrected chi connectivity index (χ3v) is 8.38. The minimum Gasteiger partial charge on any atom is -0.497 e. The van der Waals surface area contributed by atoms with Crippen LogP contribution in [0, 0.1) is 13.8 Å². The van der Waals surface area contributed by atoms with Crippen molar-refractivity contribution in [2.24, 2.45) is 0 Å². The molecule has 1 N–H and O–H groups in total. The summed E-state index contributed by atoms with van der Waals surface area (Å²) in [5, 5.41) is 2.85. The lowest BCUT2D eigenvalue weighted by Gasteiger charge is -2.32. The first-order valence-electron chi connectivity index (χ1n) is 13.3. The molecule has 0 bridgehead atoms. The summed E-state index contributed by atoms with van der Waals surface area (Å²) in [5.41, 5.74) is 2.67. The molecule has 0 aliphatic heterocycles. The smallest absolute Gasteiger partial charge is 0.264 e. The molecule has 0 fully saturated rings. The number of nitrogens with zero attached hydrogens (tertiary/aromatic N) is 2. The fraction of sp³-hybridized carbons (Fsp3) is 0.355. The van der Waals surface area contributed by atoms with Gasteiger partial charge in [0.2, 0.25) is 11.8 Å². The van der Waals surface area contributed by atoms with Gasteiger partial charge in [-0.3, -0.25) is 13.9 Å². The summed E-state index contributed by atoms with van der Waals surface area (Å²) in [6.45, 7) is 8.52. The summed E-state index contributed by atoms with van der Waals surface area (Å²) in [6.07, 6.45) is 0. The third kappa shape index (κ3) is 7.79. The molecule has 0 spiro atoms. The number of methoxy groups -OCH3 is 2. The molecule has 0 heterocycles. The SMILES string of the molecule is COc1ccc(CN(C(=O)CN(c2cc(C)ccc2OC)S(=O)(=O)c2ccc(C)cc2)[C@H](C)C(=O)NC(C)C)cc1. The molecule has 0 saturated carbocycles. The molecule has 10 heteroatoms. The van der Waals surface area contributed by atoms with Gasteiger partial charge in [0, 0.05) is 12.6 Å². The Labute approximate surface area is 243 Å². The number of nitrogens with one attached hydrogen (secondary N) is 1. The van der Waals surface area contributed by atoms with Gasteiger partial charge in [-0.2, -0.15) is 0 Å². The molecule has 0 radical (unpaired) electrons. The van der Waals surface area contributed by atoms with Crippen LogP contribution in [0.25, 0.3) is 0 Å². The van der Waals surface area contributed by atoms with Crippen LogP contribution >= 0.6 is 0 Å². The highest BCUT2D eigenvalue weighted by molar-refractivity contribution is 7.92. The second-order valence-electron chi connectivity index (χ2n) is 10.2. The molecular formula is C31H39N3O6S. The number of ether oxygens (including phenoxy) is 2. The molecular weight excluding hydrogens is 542 g/mol. The maximum Gasteiger partial charge on any atom is 0.264 e. The Morgan fingerprint density at radius 1 is 0.854 bits per heavy atom. The van der Waals surface area contributed by atoms with E-state index < -0.39 is 28.5 Å². The number of amides is 2. The molecule has 3 rings (SSSR count). The van der Waals surface area contributed by atoms with Crippen molar-refractivity contribution in [1.29, 1.82) is 0 Å². The normalized spacial score (nSPS) is 12.0. The summed E-state index contributed by atoms with van der Waals surface area (Å²) >= 11 is 0. The molecule has 0 aliphatic rings. The van der Waals surface area contributed by atoms with Gasteiger partial charge in [0.25, 0.3) is 10.0 Å². The summed E-state index contributed by atoms with van der Waals surface area (Å²) in [7, 11) is -1.20. The summed E-state index contributed by atoms with van der Waals surface area (Å²) < 4.78 is 39.9. The molecule has 3 aromatic carbocycles. The number of carbonyl (C=O) groups excluding carboxylic acids is 2. The Kier molecular flexibility index (Phi) is 10.4. The van der Waals surface area contributed by atoms with Crippen molar-refractivity contribution < 1.29 is 27.5 Å². The fourth-order valence-corrected chi connectivity index (χ4v) is 5.68. The van der Waals surface area contributed by atoms with Crippen LogP contribution in [-0.4, -0.2) is 58.0 Å². The predicted molar refractivity (Wildman–Crippen MR) is 160 cm³/mol. The van der Waals surface area contributed by atoms with E-state index in [1.807, 2.05) is 27.7 Å². The van der Waals surface area contributed by atoms with Crippen LogP contribution in [0.1, 0.15) is 37.5 Å². The number of hydrogen-bond acceptors (Lipinski definition) is 6. The number of carbonyl (C=O) groups is 2. The van der Waals surface area contributed by atoms with Crippen LogP contribution in [0.4, 0.5) is 5.69 Å². The van der Waals surface area contributed by atoms with E-state index in [0.717, 1.165) is 21.0 Å². The largest absolute Gasteiger partial charge is 0.497 e. The molecule has 41 heavy (non-hydrogen) atoms. The van der Waals surface area contributed by atoms with E-state index in [4.69, 9.17) is 9.47 Å². The van der Waals surface area contributed by atoms with Crippen molar-refractivity contribution in [3.05, 3.63) is 83.4 Å². The van der Waals surface area contributed by atoms with Gasteiger partial charge in [-0.05, 0) is 82.1 Å². The van der Waals surface area contributed by atoms with Crippen LogP contribution in [0.15, 0.2) is 71.6 Å². The molecule has 0 saturated heterocycles. The van der Waals surface area contributed by atoms with Crippen LogP contribution in [-0.2, 0) is 26.2 Å². The van der Waals surface area contributed by atoms with Crippen LogP contribution in [0.3, 0.4) is 0 Å². The van der Waals surface area contributed by atoms with Crippen molar-refractivity contribution in [2.45, 2.75) is 58.1 Å². The first-order chi connectivity index (χ1) is 19.4. The van der Waals surface area contributed by atoms with Crippen molar-refractivity contribution >= 4 is 27.5 Å². The Morgan fingerprint density at radius 2 is 1.46 bits per heavy atom. The molecule has 220 valence electrons. The number of hydrogen-bond donors (Lipinski definition) is 1. The molecule has 2 amide bonds. The van der Waals surface area contributed by atoms with E-state index in [1.54, 1.807) is 68.6 Å². The first kappa shape index (κ1) is 31.5. The number of benzene rings is 3. The highest BCUT2D eigenvalue weighted by atomic mass is 32.2. The standard InChI is InChI=1S/C31H39N3O6S/c1-21(2)32-31(36)24(5)33(19-25-11-13-26(39-6)14-12-25)30(35)20-34(28-18-23(4)10-17-29(28)40-7)41(37,38)27-15-8-22(3)9-16-27/h8-18,21,24H,19-20H2,1-7H3,(H,32,36)/t24-/m1/s1. The van der Waals surface area contributed by atoms with Gasteiger partial charge in [-0.25, -0.2) is 8.42 Å². The zero-order valence-electron chi connectivity index (χ0n) is 24.7. The van der Waals surface area contributed by atoms with E-state index in [2.05, 4.69) is 5.32 Å². The maximum absolute atomic E-state index is 14.1. The third-order valence-electron chi connectivity index (χ3n) is 6.60. The number of rotatable bonds is 12. The molecule has 3 aromatic rings. The highest BCUT2D eigenvalue weighted by Gasteiger charge is 2.34. The second kappa shape index (κ2) is 13.5. The Hall–Kier alpha value is -4.05. The fourth-order valence-electron chi connectivity index (χ4n) is 4.26. The van der Waals surface area contributed by atoms with Crippen molar-refractivity contribution in [3.63, 3.8) is 0 Å². The highest BCUT2D eigenvalue weighted by Crippen LogP contribution is 2.34. The van der Waals surface area contributed by atoms with Gasteiger partial charge in [-0.15, -0.1) is 0 Å². The average Bonchev–Trinajstić information content (AvgIpc) is 2.94. The maximum atomic E-state index is 14.1. The lowest BCUT2D eigenvalue weighted by molar-refractivity contribution is -0.139. The van der Waals surface area contributed by atoms with Crippen LogP contribution < -0.4 is 19.1 Å². The minimum atomic E-state index is -4.21. The van der Waals surface area contributed by atoms with E-state index in [-0.39, 0.29) is 29.1 Å².